The van der Waals surface area contributed by atoms with Gasteiger partial charge in [0, 0.05) is 17.7 Å². The predicted molar refractivity (Wildman–Crippen MR) is 88.5 cm³/mol. The van der Waals surface area contributed by atoms with Crippen molar-refractivity contribution in [3.05, 3.63) is 0 Å². The molecule has 1 saturated carbocycles. The van der Waals surface area contributed by atoms with E-state index in [0.717, 1.165) is 12.8 Å². The Morgan fingerprint density at radius 1 is 1.29 bits per heavy atom. The normalized spacial score (nSPS) is 27.4. The summed E-state index contributed by atoms with van der Waals surface area (Å²) in [5.74, 6) is 1.71. The van der Waals surface area contributed by atoms with Crippen LogP contribution in [-0.2, 0) is 14.3 Å². The molecule has 0 amide bonds. The monoisotopic (exact) mass is 360 g/mol. The Kier molecular flexibility index (Phi) is 7.93. The second-order valence-corrected chi connectivity index (χ2v) is 8.19. The number of ketones is 1. The largest absolute Gasteiger partial charge is 0.462 e. The molecule has 0 saturated heterocycles. The Hall–Kier alpha value is -0.380. The maximum absolute atomic E-state index is 12.0. The van der Waals surface area contributed by atoms with Crippen LogP contribution in [-0.4, -0.2) is 22.7 Å². The molecule has 0 heterocycles. The lowest BCUT2D eigenvalue weighted by atomic mass is 9.75. The van der Waals surface area contributed by atoms with Crippen LogP contribution in [0.5, 0.6) is 0 Å². The molecule has 0 aromatic heterocycles. The molecular formula is C17H29BrO3. The van der Waals surface area contributed by atoms with Gasteiger partial charge in [0.1, 0.15) is 11.9 Å². The van der Waals surface area contributed by atoms with Crippen molar-refractivity contribution in [3.63, 3.8) is 0 Å². The fourth-order valence-corrected chi connectivity index (χ4v) is 3.85. The minimum atomic E-state index is -0.118. The van der Waals surface area contributed by atoms with Gasteiger partial charge in [0.2, 0.25) is 0 Å². The van der Waals surface area contributed by atoms with E-state index in [1.54, 1.807) is 6.92 Å². The highest BCUT2D eigenvalue weighted by molar-refractivity contribution is 9.09. The number of carbonyl (C=O) groups excluding carboxylic acids is 2. The number of ether oxygens (including phenoxy) is 1. The molecule has 1 fully saturated rings. The standard InChI is InChI=1S/C17H29BrO3/c1-11(2)15-7-5-12(3)9-16(15)21-17(20)8-6-14(18)10-13(4)19/h11-12,14-16H,5-10H2,1-4H3. The van der Waals surface area contributed by atoms with Crippen molar-refractivity contribution in [3.8, 4) is 0 Å². The van der Waals surface area contributed by atoms with Crippen LogP contribution in [0.3, 0.4) is 0 Å². The summed E-state index contributed by atoms with van der Waals surface area (Å²) in [7, 11) is 0. The van der Waals surface area contributed by atoms with Gasteiger partial charge in [-0.2, -0.15) is 0 Å². The van der Waals surface area contributed by atoms with Crippen molar-refractivity contribution in [2.24, 2.45) is 17.8 Å². The van der Waals surface area contributed by atoms with Crippen LogP contribution < -0.4 is 0 Å². The third-order valence-electron chi connectivity index (χ3n) is 4.41. The molecule has 0 N–H and O–H groups in total. The van der Waals surface area contributed by atoms with Crippen LogP contribution in [0.15, 0.2) is 0 Å². The van der Waals surface area contributed by atoms with E-state index in [2.05, 4.69) is 36.7 Å². The third-order valence-corrected chi connectivity index (χ3v) is 5.20. The van der Waals surface area contributed by atoms with E-state index in [1.165, 1.54) is 6.42 Å². The third kappa shape index (κ3) is 6.94. The first kappa shape index (κ1) is 18.7. The van der Waals surface area contributed by atoms with Crippen LogP contribution in [0.4, 0.5) is 0 Å². The van der Waals surface area contributed by atoms with E-state index in [1.807, 2.05) is 0 Å². The average Bonchev–Trinajstić information content (AvgIpc) is 2.35. The van der Waals surface area contributed by atoms with E-state index < -0.39 is 0 Å². The van der Waals surface area contributed by atoms with Crippen molar-refractivity contribution in [2.45, 2.75) is 77.2 Å². The minimum absolute atomic E-state index is 0.0721. The molecule has 1 aliphatic rings. The Labute approximate surface area is 137 Å². The minimum Gasteiger partial charge on any atom is -0.462 e. The number of hydrogen-bond acceptors (Lipinski definition) is 3. The zero-order chi connectivity index (χ0) is 16.0. The highest BCUT2D eigenvalue weighted by Gasteiger charge is 2.33. The molecule has 0 aromatic rings. The van der Waals surface area contributed by atoms with Crippen LogP contribution >= 0.6 is 15.9 Å². The first-order chi connectivity index (χ1) is 9.79. The smallest absolute Gasteiger partial charge is 0.306 e. The summed E-state index contributed by atoms with van der Waals surface area (Å²) in [4.78, 5) is 23.1. The fraction of sp³-hybridized carbons (Fsp3) is 0.882. The Morgan fingerprint density at radius 3 is 2.52 bits per heavy atom. The van der Waals surface area contributed by atoms with Gasteiger partial charge in [-0.1, -0.05) is 43.1 Å². The highest BCUT2D eigenvalue weighted by atomic mass is 79.9. The van der Waals surface area contributed by atoms with E-state index in [-0.39, 0.29) is 22.7 Å². The van der Waals surface area contributed by atoms with E-state index in [4.69, 9.17) is 4.74 Å². The lowest BCUT2D eigenvalue weighted by molar-refractivity contribution is -0.156. The molecule has 1 rings (SSSR count). The molecular weight excluding hydrogens is 332 g/mol. The summed E-state index contributed by atoms with van der Waals surface area (Å²) in [5, 5.41) is 0. The molecule has 4 heteroatoms. The molecule has 0 radical (unpaired) electrons. The van der Waals surface area contributed by atoms with Crippen molar-refractivity contribution in [1.82, 2.24) is 0 Å². The van der Waals surface area contributed by atoms with Crippen molar-refractivity contribution in [2.75, 3.05) is 0 Å². The number of alkyl halides is 1. The zero-order valence-corrected chi connectivity index (χ0v) is 15.3. The van der Waals surface area contributed by atoms with E-state index in [0.29, 0.717) is 37.0 Å². The van der Waals surface area contributed by atoms with Gasteiger partial charge in [0.05, 0.1) is 0 Å². The van der Waals surface area contributed by atoms with Crippen molar-refractivity contribution in [1.29, 1.82) is 0 Å². The Balaban J connectivity index is 2.42. The molecule has 0 aromatic carbocycles. The number of halogens is 1. The second-order valence-electron chi connectivity index (χ2n) is 6.90. The molecule has 0 spiro atoms. The first-order valence-corrected chi connectivity index (χ1v) is 9.04. The van der Waals surface area contributed by atoms with Gasteiger partial charge in [-0.3, -0.25) is 9.59 Å². The molecule has 0 bridgehead atoms. The average molecular weight is 361 g/mol. The molecule has 3 nitrogen and oxygen atoms in total. The second kappa shape index (κ2) is 8.92. The SMILES string of the molecule is CC(=O)CC(Br)CCC(=O)OC1CC(C)CCC1C(C)C. The van der Waals surface area contributed by atoms with Crippen LogP contribution in [0.1, 0.15) is 66.2 Å². The van der Waals surface area contributed by atoms with Gasteiger partial charge >= 0.3 is 5.97 Å². The maximum atomic E-state index is 12.0. The molecule has 21 heavy (non-hydrogen) atoms. The highest BCUT2D eigenvalue weighted by Crippen LogP contribution is 2.35. The Morgan fingerprint density at radius 2 is 1.95 bits per heavy atom. The van der Waals surface area contributed by atoms with Gasteiger partial charge in [0.25, 0.3) is 0 Å². The van der Waals surface area contributed by atoms with Gasteiger partial charge in [-0.05, 0) is 43.9 Å². The molecule has 0 aliphatic heterocycles. The van der Waals surface area contributed by atoms with Crippen LogP contribution in [0.25, 0.3) is 0 Å². The van der Waals surface area contributed by atoms with E-state index in [9.17, 15) is 9.59 Å². The summed E-state index contributed by atoms with van der Waals surface area (Å²) in [6.07, 6.45) is 4.97. The van der Waals surface area contributed by atoms with Crippen molar-refractivity contribution < 1.29 is 14.3 Å². The summed E-state index contributed by atoms with van der Waals surface area (Å²) in [6.45, 7) is 8.23. The van der Waals surface area contributed by atoms with Crippen LogP contribution in [0.2, 0.25) is 0 Å². The zero-order valence-electron chi connectivity index (χ0n) is 13.7. The quantitative estimate of drug-likeness (QED) is 0.495. The summed E-state index contributed by atoms with van der Waals surface area (Å²) < 4.78 is 5.75. The molecule has 122 valence electrons. The number of esters is 1. The first-order valence-electron chi connectivity index (χ1n) is 8.12. The number of rotatable bonds is 7. The summed E-state index contributed by atoms with van der Waals surface area (Å²) in [6, 6.07) is 0. The molecule has 4 unspecified atom stereocenters. The van der Waals surface area contributed by atoms with Crippen molar-refractivity contribution >= 4 is 27.7 Å². The lowest BCUT2D eigenvalue weighted by Gasteiger charge is -2.36. The van der Waals surface area contributed by atoms with Gasteiger partial charge in [-0.15, -0.1) is 0 Å². The van der Waals surface area contributed by atoms with Crippen LogP contribution in [0, 0.1) is 17.8 Å². The molecule has 1 aliphatic carbocycles. The summed E-state index contributed by atoms with van der Waals surface area (Å²) in [5.41, 5.74) is 0. The molecule has 4 atom stereocenters. The van der Waals surface area contributed by atoms with Gasteiger partial charge < -0.3 is 4.74 Å². The summed E-state index contributed by atoms with van der Waals surface area (Å²) >= 11 is 3.45. The Bertz CT molecular complexity index is 354. The maximum Gasteiger partial charge on any atom is 0.306 e. The number of hydrogen-bond donors (Lipinski definition) is 0. The topological polar surface area (TPSA) is 43.4 Å². The van der Waals surface area contributed by atoms with Gasteiger partial charge in [-0.25, -0.2) is 0 Å². The number of Topliss-reactive ketones (excluding diaryl/α,β-unsaturated/α-hetero) is 1. The predicted octanol–water partition coefficient (Wildman–Crippen LogP) is 4.51. The van der Waals surface area contributed by atoms with E-state index >= 15 is 0 Å². The fourth-order valence-electron chi connectivity index (χ4n) is 3.17. The van der Waals surface area contributed by atoms with Gasteiger partial charge in [0.15, 0.2) is 0 Å². The number of carbonyl (C=O) groups is 2. The lowest BCUT2D eigenvalue weighted by Crippen LogP contribution is -2.35.